The second kappa shape index (κ2) is 2.82. The van der Waals surface area contributed by atoms with E-state index in [2.05, 4.69) is 0 Å². The minimum absolute atomic E-state index is 0.537. The summed E-state index contributed by atoms with van der Waals surface area (Å²) in [6.45, 7) is 0.885. The summed E-state index contributed by atoms with van der Waals surface area (Å²) in [6, 6.07) is 0. The molecular weight excluding hydrogens is 83.0 g/mol. The Balaban J connectivity index is 2.96. The van der Waals surface area contributed by atoms with Crippen LogP contribution in [0.1, 0.15) is 6.92 Å². The van der Waals surface area contributed by atoms with Crippen molar-refractivity contribution < 1.29 is 9.18 Å². The van der Waals surface area contributed by atoms with Crippen LogP contribution >= 0.6 is 0 Å². The summed E-state index contributed by atoms with van der Waals surface area (Å²) in [7, 11) is 0. The van der Waals surface area contributed by atoms with E-state index in [1.807, 2.05) is 0 Å². The van der Waals surface area contributed by atoms with Crippen LogP contribution in [0.25, 0.3) is 0 Å². The molecule has 0 aliphatic carbocycles. The molecule has 0 heterocycles. The van der Waals surface area contributed by atoms with Crippen LogP contribution in [0, 0.1) is 5.92 Å². The highest BCUT2D eigenvalue weighted by Crippen LogP contribution is 1.86. The molecule has 0 unspecified atom stereocenters. The molecule has 0 N–H and O–H groups in total. The van der Waals surface area contributed by atoms with Crippen molar-refractivity contribution >= 4 is 6.29 Å². The maximum absolute atomic E-state index is 11.1. The molecule has 0 aromatic heterocycles. The van der Waals surface area contributed by atoms with Gasteiger partial charge in [-0.15, -0.1) is 0 Å². The number of halogens is 1. The summed E-state index contributed by atoms with van der Waals surface area (Å²) in [4.78, 5) is 9.37. The van der Waals surface area contributed by atoms with E-state index in [0.29, 0.717) is 0 Å². The molecule has 0 aromatic rings. The largest absolute Gasteiger partial charge is 0.290 e. The molecule has 0 fully saturated rings. The molecule has 0 amide bonds. The van der Waals surface area contributed by atoms with Crippen LogP contribution in [0.3, 0.4) is 0 Å². The minimum atomic E-state index is -0.594. The number of alkyl halides is 1. The van der Waals surface area contributed by atoms with E-state index in [9.17, 15) is 9.18 Å². The van der Waals surface area contributed by atoms with Crippen molar-refractivity contribution in [2.24, 2.45) is 5.92 Å². The lowest BCUT2D eigenvalue weighted by atomic mass is 10.2. The highest BCUT2D eigenvalue weighted by molar-refractivity contribution is 5.53. The van der Waals surface area contributed by atoms with Gasteiger partial charge in [-0.25, -0.2) is 0 Å². The second-order valence-electron chi connectivity index (χ2n) is 1.17. The summed E-state index contributed by atoms with van der Waals surface area (Å²) in [5.74, 6) is -0.537. The van der Waals surface area contributed by atoms with E-state index in [1.54, 1.807) is 0 Å². The van der Waals surface area contributed by atoms with Crippen molar-refractivity contribution in [2.75, 3.05) is 6.67 Å². The summed E-state index contributed by atoms with van der Waals surface area (Å²) in [5.41, 5.74) is 0. The zero-order valence-electron chi connectivity index (χ0n) is 3.57. The Labute approximate surface area is 36.2 Å². The fourth-order valence-electron chi connectivity index (χ4n) is 0.0315. The predicted octanol–water partition coefficient (Wildman–Crippen LogP) is 0.702. The normalized spacial score (nSPS) is 13.7. The lowest BCUT2D eigenvalue weighted by Crippen LogP contribution is -1.95. The molecule has 1 radical (unpaired) electrons. The van der Waals surface area contributed by atoms with E-state index < -0.39 is 12.6 Å². The molecule has 0 spiro atoms. The predicted molar refractivity (Wildman–Crippen MR) is 20.8 cm³/mol. The van der Waals surface area contributed by atoms with E-state index >= 15 is 0 Å². The Morgan fingerprint density at radius 3 is 2.50 bits per heavy atom. The number of hydrogen-bond acceptors (Lipinski definition) is 1. The third kappa shape index (κ3) is 1.88. The minimum Gasteiger partial charge on any atom is -0.290 e. The maximum Gasteiger partial charge on any atom is 0.204 e. The molecule has 0 bridgehead atoms. The smallest absolute Gasteiger partial charge is 0.204 e. The van der Waals surface area contributed by atoms with Crippen LogP contribution in [0.2, 0.25) is 0 Å². The van der Waals surface area contributed by atoms with Gasteiger partial charge in [-0.05, 0) is 0 Å². The molecule has 2 heteroatoms. The van der Waals surface area contributed by atoms with Gasteiger partial charge in [-0.1, -0.05) is 6.92 Å². The van der Waals surface area contributed by atoms with Crippen molar-refractivity contribution in [2.45, 2.75) is 6.92 Å². The van der Waals surface area contributed by atoms with Crippen molar-refractivity contribution in [3.63, 3.8) is 0 Å². The molecule has 1 nitrogen and oxygen atoms in total. The number of hydrogen-bond donors (Lipinski definition) is 0. The van der Waals surface area contributed by atoms with Gasteiger partial charge in [0.15, 0.2) is 0 Å². The van der Waals surface area contributed by atoms with Gasteiger partial charge in [-0.3, -0.25) is 9.18 Å². The Kier molecular flexibility index (Phi) is 2.63. The SMILES string of the molecule is C[C@@H]([C]=O)CF. The zero-order valence-corrected chi connectivity index (χ0v) is 3.57. The monoisotopic (exact) mass is 89.0 g/mol. The average Bonchev–Trinajstić information content (AvgIpc) is 1.65. The van der Waals surface area contributed by atoms with Crippen LogP contribution in [0.4, 0.5) is 4.39 Å². The van der Waals surface area contributed by atoms with Gasteiger partial charge in [-0.2, -0.15) is 0 Å². The third-order valence-corrected chi connectivity index (χ3v) is 0.433. The van der Waals surface area contributed by atoms with Gasteiger partial charge in [0.25, 0.3) is 0 Å². The fraction of sp³-hybridized carbons (Fsp3) is 0.750. The Hall–Kier alpha value is -0.400. The molecule has 0 rings (SSSR count). The van der Waals surface area contributed by atoms with Crippen LogP contribution in [-0.2, 0) is 4.79 Å². The summed E-state index contributed by atoms with van der Waals surface area (Å²) in [5, 5.41) is 0. The first kappa shape index (κ1) is 5.60. The third-order valence-electron chi connectivity index (χ3n) is 0.433. The van der Waals surface area contributed by atoms with Gasteiger partial charge in [0.2, 0.25) is 6.29 Å². The summed E-state index contributed by atoms with van der Waals surface area (Å²) < 4.78 is 11.1. The van der Waals surface area contributed by atoms with Crippen molar-refractivity contribution in [1.82, 2.24) is 0 Å². The highest BCUT2D eigenvalue weighted by Gasteiger charge is 1.94. The first-order valence-electron chi connectivity index (χ1n) is 1.75. The molecule has 35 valence electrons. The van der Waals surface area contributed by atoms with Gasteiger partial charge >= 0.3 is 0 Å². The van der Waals surface area contributed by atoms with Gasteiger partial charge < -0.3 is 0 Å². The first-order valence-corrected chi connectivity index (χ1v) is 1.75. The number of rotatable bonds is 2. The van der Waals surface area contributed by atoms with Crippen LogP contribution in [-0.4, -0.2) is 13.0 Å². The van der Waals surface area contributed by atoms with E-state index in [-0.39, 0.29) is 0 Å². The molecule has 0 saturated carbocycles. The summed E-state index contributed by atoms with van der Waals surface area (Å²) in [6.07, 6.45) is 1.49. The van der Waals surface area contributed by atoms with Crippen molar-refractivity contribution in [3.8, 4) is 0 Å². The van der Waals surface area contributed by atoms with Gasteiger partial charge in [0, 0.05) is 0 Å². The van der Waals surface area contributed by atoms with Gasteiger partial charge in [0.05, 0.1) is 12.6 Å². The molecular formula is C4H6FO. The maximum atomic E-state index is 11.1. The molecule has 1 atom stereocenters. The summed E-state index contributed by atoms with van der Waals surface area (Å²) >= 11 is 0. The van der Waals surface area contributed by atoms with Gasteiger partial charge in [0.1, 0.15) is 0 Å². The van der Waals surface area contributed by atoms with Crippen LogP contribution < -0.4 is 0 Å². The molecule has 0 aliphatic heterocycles. The zero-order chi connectivity index (χ0) is 4.99. The average molecular weight is 89.1 g/mol. The lowest BCUT2D eigenvalue weighted by Gasteiger charge is -1.84. The second-order valence-corrected chi connectivity index (χ2v) is 1.17. The molecule has 0 aromatic carbocycles. The number of carbonyl (C=O) groups excluding carboxylic acids is 1. The molecule has 0 saturated heterocycles. The Morgan fingerprint density at radius 1 is 2.00 bits per heavy atom. The topological polar surface area (TPSA) is 17.1 Å². The lowest BCUT2D eigenvalue weighted by molar-refractivity contribution is 0.425. The Morgan fingerprint density at radius 2 is 2.50 bits per heavy atom. The quantitative estimate of drug-likeness (QED) is 0.486. The van der Waals surface area contributed by atoms with Crippen molar-refractivity contribution in [3.05, 3.63) is 0 Å². The standard InChI is InChI=1S/C4H6FO/c1-4(2-5)3-6/h4H,2H2,1H3/t4-/m1/s1. The van der Waals surface area contributed by atoms with Crippen LogP contribution in [0.5, 0.6) is 0 Å². The fourth-order valence-corrected chi connectivity index (χ4v) is 0.0315. The Bertz CT molecular complexity index is 44.8. The van der Waals surface area contributed by atoms with E-state index in [0.717, 1.165) is 0 Å². The first-order chi connectivity index (χ1) is 2.81. The van der Waals surface area contributed by atoms with Crippen LogP contribution in [0.15, 0.2) is 0 Å². The van der Waals surface area contributed by atoms with E-state index in [4.69, 9.17) is 0 Å². The molecule has 0 aliphatic rings. The van der Waals surface area contributed by atoms with E-state index in [1.165, 1.54) is 13.2 Å². The van der Waals surface area contributed by atoms with Crippen molar-refractivity contribution in [1.29, 1.82) is 0 Å². The highest BCUT2D eigenvalue weighted by atomic mass is 19.1. The molecule has 6 heavy (non-hydrogen) atoms.